The number of thioether (sulfide) groups is 1. The van der Waals surface area contributed by atoms with Crippen LogP contribution in [0.25, 0.3) is 6.08 Å². The zero-order valence-corrected chi connectivity index (χ0v) is 19.4. The Morgan fingerprint density at radius 3 is 2.48 bits per heavy atom. The standard InChI is InChI=1S/C24H26N2O3S2/c1-3-25(17-19-8-6-5-7-9-19)22(27)14-15-26-23(28)21(31-24(26)30)16-18-10-12-20(13-11-18)29-4-2/h5-13,16H,3-4,14-15,17H2,1-2H3. The largest absolute Gasteiger partial charge is 0.494 e. The SMILES string of the molecule is CCOc1ccc(C=C2SC(=S)N(CCC(=O)N(CC)Cc3ccccc3)C2=O)cc1. The molecule has 1 fully saturated rings. The second kappa shape index (κ2) is 11.1. The summed E-state index contributed by atoms with van der Waals surface area (Å²) in [5, 5.41) is 0. The van der Waals surface area contributed by atoms with Crippen molar-refractivity contribution in [3.05, 3.63) is 70.6 Å². The van der Waals surface area contributed by atoms with Gasteiger partial charge in [0.15, 0.2) is 0 Å². The first-order valence-corrected chi connectivity index (χ1v) is 11.5. The van der Waals surface area contributed by atoms with Crippen LogP contribution < -0.4 is 4.74 Å². The molecule has 0 N–H and O–H groups in total. The van der Waals surface area contributed by atoms with Crippen LogP contribution in [0.4, 0.5) is 0 Å². The number of amides is 2. The predicted molar refractivity (Wildman–Crippen MR) is 130 cm³/mol. The van der Waals surface area contributed by atoms with Gasteiger partial charge in [-0.25, -0.2) is 0 Å². The summed E-state index contributed by atoms with van der Waals surface area (Å²) in [5.41, 5.74) is 1.99. The fourth-order valence-corrected chi connectivity index (χ4v) is 4.53. The van der Waals surface area contributed by atoms with Gasteiger partial charge in [0.1, 0.15) is 10.1 Å². The molecule has 31 heavy (non-hydrogen) atoms. The number of ether oxygens (including phenoxy) is 1. The Kier molecular flexibility index (Phi) is 8.26. The summed E-state index contributed by atoms with van der Waals surface area (Å²) in [5.74, 6) is 0.653. The fraction of sp³-hybridized carbons (Fsp3) is 0.292. The summed E-state index contributed by atoms with van der Waals surface area (Å²) < 4.78 is 5.94. The van der Waals surface area contributed by atoms with Crippen LogP contribution in [0.5, 0.6) is 5.75 Å². The van der Waals surface area contributed by atoms with Crippen molar-refractivity contribution in [2.45, 2.75) is 26.8 Å². The Morgan fingerprint density at radius 1 is 1.13 bits per heavy atom. The van der Waals surface area contributed by atoms with Crippen LogP contribution >= 0.6 is 24.0 Å². The third-order valence-electron chi connectivity index (χ3n) is 4.86. The number of rotatable bonds is 9. The van der Waals surface area contributed by atoms with Gasteiger partial charge in [-0.3, -0.25) is 14.5 Å². The molecular weight excluding hydrogens is 428 g/mol. The highest BCUT2D eigenvalue weighted by Crippen LogP contribution is 2.33. The molecule has 0 aromatic heterocycles. The first-order chi connectivity index (χ1) is 15.0. The van der Waals surface area contributed by atoms with Crippen LogP contribution in [0, 0.1) is 0 Å². The molecule has 0 radical (unpaired) electrons. The van der Waals surface area contributed by atoms with E-state index in [0.29, 0.717) is 28.9 Å². The minimum absolute atomic E-state index is 0.0101. The topological polar surface area (TPSA) is 49.9 Å². The maximum absolute atomic E-state index is 12.8. The molecule has 1 aliphatic heterocycles. The van der Waals surface area contributed by atoms with E-state index in [4.69, 9.17) is 17.0 Å². The molecule has 0 unspecified atom stereocenters. The van der Waals surface area contributed by atoms with Crippen LogP contribution in [-0.2, 0) is 16.1 Å². The number of hydrogen-bond acceptors (Lipinski definition) is 5. The van der Waals surface area contributed by atoms with Gasteiger partial charge >= 0.3 is 0 Å². The van der Waals surface area contributed by atoms with E-state index in [1.54, 1.807) is 4.90 Å². The Morgan fingerprint density at radius 2 is 1.84 bits per heavy atom. The molecule has 0 aliphatic carbocycles. The highest BCUT2D eigenvalue weighted by atomic mass is 32.2. The van der Waals surface area contributed by atoms with Crippen molar-refractivity contribution in [3.63, 3.8) is 0 Å². The number of benzene rings is 2. The molecule has 1 aliphatic rings. The maximum atomic E-state index is 12.8. The van der Waals surface area contributed by atoms with E-state index in [0.717, 1.165) is 16.9 Å². The molecular formula is C24H26N2O3S2. The average Bonchev–Trinajstić information content (AvgIpc) is 3.05. The zero-order chi connectivity index (χ0) is 22.2. The summed E-state index contributed by atoms with van der Waals surface area (Å²) in [6, 6.07) is 17.5. The third kappa shape index (κ3) is 6.18. The van der Waals surface area contributed by atoms with Crippen LogP contribution in [0.2, 0.25) is 0 Å². The predicted octanol–water partition coefficient (Wildman–Crippen LogP) is 4.73. The van der Waals surface area contributed by atoms with Crippen molar-refractivity contribution in [3.8, 4) is 5.75 Å². The third-order valence-corrected chi connectivity index (χ3v) is 6.24. The number of carbonyl (C=O) groups is 2. The highest BCUT2D eigenvalue weighted by molar-refractivity contribution is 8.26. The molecule has 7 heteroatoms. The van der Waals surface area contributed by atoms with E-state index in [2.05, 4.69) is 0 Å². The van der Waals surface area contributed by atoms with Gasteiger partial charge in [-0.15, -0.1) is 0 Å². The molecule has 1 heterocycles. The van der Waals surface area contributed by atoms with E-state index in [-0.39, 0.29) is 24.8 Å². The van der Waals surface area contributed by atoms with Crippen molar-refractivity contribution < 1.29 is 14.3 Å². The first kappa shape index (κ1) is 23.0. The average molecular weight is 455 g/mol. The molecule has 2 aromatic rings. The summed E-state index contributed by atoms with van der Waals surface area (Å²) in [4.78, 5) is 29.4. The van der Waals surface area contributed by atoms with Crippen molar-refractivity contribution >= 4 is 46.2 Å². The van der Waals surface area contributed by atoms with Crippen LogP contribution in [0.15, 0.2) is 59.5 Å². The van der Waals surface area contributed by atoms with Gasteiger partial charge in [-0.1, -0.05) is 66.4 Å². The maximum Gasteiger partial charge on any atom is 0.266 e. The monoisotopic (exact) mass is 454 g/mol. The molecule has 2 amide bonds. The van der Waals surface area contributed by atoms with Crippen molar-refractivity contribution in [2.24, 2.45) is 0 Å². The van der Waals surface area contributed by atoms with Gasteiger partial charge in [-0.2, -0.15) is 0 Å². The Bertz CT molecular complexity index is 959. The molecule has 0 bridgehead atoms. The second-order valence-electron chi connectivity index (χ2n) is 6.98. The van der Waals surface area contributed by atoms with Crippen molar-refractivity contribution in [1.82, 2.24) is 9.80 Å². The lowest BCUT2D eigenvalue weighted by molar-refractivity contribution is -0.132. The second-order valence-corrected chi connectivity index (χ2v) is 8.65. The molecule has 162 valence electrons. The number of nitrogens with zero attached hydrogens (tertiary/aromatic N) is 2. The molecule has 2 aromatic carbocycles. The molecule has 5 nitrogen and oxygen atoms in total. The summed E-state index contributed by atoms with van der Waals surface area (Å²) in [6.45, 7) is 5.97. The summed E-state index contributed by atoms with van der Waals surface area (Å²) in [7, 11) is 0. The molecule has 0 atom stereocenters. The van der Waals surface area contributed by atoms with Gasteiger partial charge < -0.3 is 9.64 Å². The van der Waals surface area contributed by atoms with Crippen molar-refractivity contribution in [1.29, 1.82) is 0 Å². The fourth-order valence-electron chi connectivity index (χ4n) is 3.22. The Hall–Kier alpha value is -2.64. The van der Waals surface area contributed by atoms with Gasteiger partial charge in [0.2, 0.25) is 5.91 Å². The summed E-state index contributed by atoms with van der Waals surface area (Å²) >= 11 is 6.67. The minimum atomic E-state index is -0.150. The van der Waals surface area contributed by atoms with Gasteiger partial charge in [0.05, 0.1) is 11.5 Å². The number of hydrogen-bond donors (Lipinski definition) is 0. The Labute approximate surface area is 193 Å². The minimum Gasteiger partial charge on any atom is -0.494 e. The van der Waals surface area contributed by atoms with Gasteiger partial charge in [0, 0.05) is 26.1 Å². The molecule has 3 rings (SSSR count). The lowest BCUT2D eigenvalue weighted by Crippen LogP contribution is -2.35. The lowest BCUT2D eigenvalue weighted by atomic mass is 10.2. The first-order valence-electron chi connectivity index (χ1n) is 10.3. The van der Waals surface area contributed by atoms with E-state index < -0.39 is 0 Å². The molecule has 0 spiro atoms. The number of carbonyl (C=O) groups excluding carboxylic acids is 2. The van der Waals surface area contributed by atoms with Crippen LogP contribution in [0.1, 0.15) is 31.4 Å². The molecule has 0 saturated carbocycles. The smallest absolute Gasteiger partial charge is 0.266 e. The van der Waals surface area contributed by atoms with Crippen molar-refractivity contribution in [2.75, 3.05) is 19.7 Å². The Balaban J connectivity index is 1.59. The zero-order valence-electron chi connectivity index (χ0n) is 17.7. The molecule has 1 saturated heterocycles. The van der Waals surface area contributed by atoms with E-state index in [9.17, 15) is 9.59 Å². The highest BCUT2D eigenvalue weighted by Gasteiger charge is 2.32. The van der Waals surface area contributed by atoms with Gasteiger partial charge in [-0.05, 0) is 43.2 Å². The number of thiocarbonyl (C=S) groups is 1. The quantitative estimate of drug-likeness (QED) is 0.405. The normalized spacial score (nSPS) is 14.9. The summed E-state index contributed by atoms with van der Waals surface area (Å²) in [6.07, 6.45) is 2.06. The van der Waals surface area contributed by atoms with E-state index in [1.807, 2.05) is 74.5 Å². The van der Waals surface area contributed by atoms with Crippen LogP contribution in [-0.4, -0.2) is 45.6 Å². The lowest BCUT2D eigenvalue weighted by Gasteiger charge is -2.22. The van der Waals surface area contributed by atoms with E-state index in [1.165, 1.54) is 16.7 Å². The van der Waals surface area contributed by atoms with Gasteiger partial charge in [0.25, 0.3) is 5.91 Å². The van der Waals surface area contributed by atoms with Crippen LogP contribution in [0.3, 0.4) is 0 Å². The van der Waals surface area contributed by atoms with E-state index >= 15 is 0 Å².